The van der Waals surface area contributed by atoms with E-state index in [1.807, 2.05) is 0 Å². The third-order valence-electron chi connectivity index (χ3n) is 10.2. The predicted octanol–water partition coefficient (Wildman–Crippen LogP) is 5.74. The van der Waals surface area contributed by atoms with Gasteiger partial charge in [0.1, 0.15) is 39.1 Å². The van der Waals surface area contributed by atoms with Crippen molar-refractivity contribution in [1.82, 2.24) is 5.01 Å². The second-order valence-electron chi connectivity index (χ2n) is 13.0. The summed E-state index contributed by atoms with van der Waals surface area (Å²) in [7, 11) is -4.38. The van der Waals surface area contributed by atoms with Crippen molar-refractivity contribution in [2.24, 2.45) is 5.10 Å². The SMILES string of the molecule is [Br-].c1ccc(C2CC([P+](c3ccccc3)(c3ccccc3)c3ccccc3)=NN2CC[P+](c2ccccc2)(c2ccccc2)c2ccccc2)cc1. The minimum absolute atomic E-state index is 0. The molecule has 0 aromatic heterocycles. The van der Waals surface area contributed by atoms with E-state index in [2.05, 4.69) is 217 Å². The van der Waals surface area contributed by atoms with Gasteiger partial charge in [0, 0.05) is 0 Å². The first-order chi connectivity index (χ1) is 25.3. The molecule has 1 unspecified atom stereocenters. The zero-order valence-electron chi connectivity index (χ0n) is 29.1. The van der Waals surface area contributed by atoms with Crippen LogP contribution in [0.3, 0.4) is 0 Å². The maximum absolute atomic E-state index is 5.85. The van der Waals surface area contributed by atoms with Crippen molar-refractivity contribution in [3.05, 3.63) is 218 Å². The highest BCUT2D eigenvalue weighted by Gasteiger charge is 2.55. The molecule has 7 aromatic rings. The summed E-state index contributed by atoms with van der Waals surface area (Å²) >= 11 is 0. The Bertz CT molecular complexity index is 1980. The first-order valence-corrected chi connectivity index (χ1v) is 21.6. The van der Waals surface area contributed by atoms with Crippen molar-refractivity contribution < 1.29 is 17.0 Å². The van der Waals surface area contributed by atoms with Gasteiger partial charge in [-0.05, 0) is 78.4 Å². The van der Waals surface area contributed by atoms with Crippen LogP contribution in [0.25, 0.3) is 0 Å². The Labute approximate surface area is 320 Å². The van der Waals surface area contributed by atoms with E-state index in [4.69, 9.17) is 5.10 Å². The molecule has 0 radical (unpaired) electrons. The highest BCUT2D eigenvalue weighted by atomic mass is 79.9. The summed E-state index contributed by atoms with van der Waals surface area (Å²) in [6, 6.07) is 78.4. The van der Waals surface area contributed by atoms with Crippen LogP contribution in [0.2, 0.25) is 0 Å². The fraction of sp³-hybridized carbons (Fsp3) is 0.0851. The number of nitrogens with zero attached hydrogens (tertiary/aromatic N) is 2. The van der Waals surface area contributed by atoms with Gasteiger partial charge in [-0.2, -0.15) is 0 Å². The second-order valence-corrected chi connectivity index (χ2v) is 20.1. The molecule has 256 valence electrons. The molecule has 2 nitrogen and oxygen atoms in total. The van der Waals surface area contributed by atoms with Gasteiger partial charge in [-0.25, -0.2) is 0 Å². The summed E-state index contributed by atoms with van der Waals surface area (Å²) in [5.41, 5.74) is 2.59. The second kappa shape index (κ2) is 16.4. The molecule has 0 spiro atoms. The van der Waals surface area contributed by atoms with Gasteiger partial charge in [-0.1, -0.05) is 140 Å². The number of hydrazone groups is 1. The Balaban J connectivity index is 0.00000420. The predicted molar refractivity (Wildman–Crippen MR) is 223 cm³/mol. The van der Waals surface area contributed by atoms with Crippen LogP contribution in [-0.4, -0.2) is 23.2 Å². The van der Waals surface area contributed by atoms with Crippen molar-refractivity contribution in [3.63, 3.8) is 0 Å². The summed E-state index contributed by atoms with van der Waals surface area (Å²) < 4.78 is 0. The van der Waals surface area contributed by atoms with E-state index in [0.717, 1.165) is 19.1 Å². The summed E-state index contributed by atoms with van der Waals surface area (Å²) in [5.74, 6) is 0. The molecule has 0 fully saturated rings. The molecule has 1 aliphatic rings. The monoisotopic (exact) mass is 775 g/mol. The van der Waals surface area contributed by atoms with Crippen LogP contribution in [0.15, 0.2) is 217 Å². The van der Waals surface area contributed by atoms with Crippen molar-refractivity contribution >= 4 is 51.8 Å². The van der Waals surface area contributed by atoms with Gasteiger partial charge in [0.15, 0.2) is 12.7 Å². The number of rotatable bonds is 11. The maximum Gasteiger partial charge on any atom is 0.194 e. The summed E-state index contributed by atoms with van der Waals surface area (Å²) in [6.07, 6.45) is 1.84. The zero-order chi connectivity index (χ0) is 34.4. The van der Waals surface area contributed by atoms with Crippen LogP contribution in [0, 0.1) is 0 Å². The van der Waals surface area contributed by atoms with Gasteiger partial charge in [-0.15, -0.1) is 5.10 Å². The number of halogens is 1. The number of benzene rings is 7. The molecule has 0 amide bonds. The lowest BCUT2D eigenvalue weighted by atomic mass is 10.0. The van der Waals surface area contributed by atoms with Crippen molar-refractivity contribution in [2.75, 3.05) is 12.7 Å². The van der Waals surface area contributed by atoms with E-state index in [9.17, 15) is 0 Å². The lowest BCUT2D eigenvalue weighted by molar-refractivity contribution is -0.00000973. The van der Waals surface area contributed by atoms with E-state index in [1.165, 1.54) is 42.8 Å². The van der Waals surface area contributed by atoms with Crippen LogP contribution >= 0.6 is 14.5 Å². The molecule has 52 heavy (non-hydrogen) atoms. The first-order valence-electron chi connectivity index (χ1n) is 17.8. The van der Waals surface area contributed by atoms with Crippen LogP contribution < -0.4 is 48.8 Å². The molecule has 0 bridgehead atoms. The quantitative estimate of drug-likeness (QED) is 0.153. The van der Waals surface area contributed by atoms with Crippen molar-refractivity contribution in [3.8, 4) is 0 Å². The topological polar surface area (TPSA) is 15.6 Å². The molecule has 5 heteroatoms. The minimum atomic E-state index is -2.32. The molecule has 0 saturated carbocycles. The summed E-state index contributed by atoms with van der Waals surface area (Å²) in [5, 5.41) is 16.5. The van der Waals surface area contributed by atoms with E-state index in [0.29, 0.717) is 0 Å². The molecule has 0 saturated heterocycles. The van der Waals surface area contributed by atoms with Gasteiger partial charge in [0.25, 0.3) is 0 Å². The molecule has 1 aliphatic heterocycles. The Morgan fingerprint density at radius 2 is 0.731 bits per heavy atom. The first kappa shape index (κ1) is 35.7. The fourth-order valence-electron chi connectivity index (χ4n) is 7.90. The average Bonchev–Trinajstić information content (AvgIpc) is 3.65. The van der Waals surface area contributed by atoms with Crippen molar-refractivity contribution in [2.45, 2.75) is 12.5 Å². The van der Waals surface area contributed by atoms with Gasteiger partial charge >= 0.3 is 0 Å². The zero-order valence-corrected chi connectivity index (χ0v) is 32.4. The van der Waals surface area contributed by atoms with Gasteiger partial charge in [0.2, 0.25) is 0 Å². The van der Waals surface area contributed by atoms with Crippen molar-refractivity contribution in [1.29, 1.82) is 0 Å². The maximum atomic E-state index is 5.85. The largest absolute Gasteiger partial charge is 1.00 e. The van der Waals surface area contributed by atoms with Gasteiger partial charge in [0.05, 0.1) is 25.2 Å². The van der Waals surface area contributed by atoms with Crippen LogP contribution in [0.5, 0.6) is 0 Å². The highest BCUT2D eigenvalue weighted by Crippen LogP contribution is 2.61. The molecule has 1 heterocycles. The van der Waals surface area contributed by atoms with Crippen LogP contribution in [-0.2, 0) is 0 Å². The van der Waals surface area contributed by atoms with E-state index >= 15 is 0 Å². The average molecular weight is 777 g/mol. The fourth-order valence-corrected chi connectivity index (χ4v) is 16.5. The third-order valence-corrected chi connectivity index (χ3v) is 18.9. The number of hydrogen-bond acceptors (Lipinski definition) is 2. The molecular weight excluding hydrogens is 734 g/mol. The molecule has 0 aliphatic carbocycles. The normalized spacial score (nSPS) is 14.3. The molecular formula is C47H42BrN2P2+. The summed E-state index contributed by atoms with van der Waals surface area (Å²) in [6.45, 7) is 0.827. The Kier molecular flexibility index (Phi) is 11.2. The lowest BCUT2D eigenvalue weighted by Gasteiger charge is -2.30. The Morgan fingerprint density at radius 3 is 1.08 bits per heavy atom. The van der Waals surface area contributed by atoms with Gasteiger partial charge < -0.3 is 17.0 Å². The highest BCUT2D eigenvalue weighted by molar-refractivity contribution is 8.08. The van der Waals surface area contributed by atoms with E-state index in [1.54, 1.807) is 0 Å². The molecule has 8 rings (SSSR count). The Hall–Kier alpha value is -4.65. The lowest BCUT2D eigenvalue weighted by Crippen LogP contribution is -3.00. The molecule has 7 aromatic carbocycles. The molecule has 1 atom stereocenters. The smallest absolute Gasteiger partial charge is 0.194 e. The summed E-state index contributed by atoms with van der Waals surface area (Å²) in [4.78, 5) is 0. The van der Waals surface area contributed by atoms with Crippen LogP contribution in [0.4, 0.5) is 0 Å². The third kappa shape index (κ3) is 6.70. The standard InChI is InChI=1S/C47H42N2P2.BrH/c1-8-22-39(23-9-1)46-38-47(51(43-30-16-5-17-31-43,44-32-18-6-19-33-44)45-34-20-7-21-35-45)48-49(46)36-37-50(40-24-10-2-11-25-40,41-26-12-3-13-27-41)42-28-14-4-15-29-42;/h1-35,46H,36-38H2;1H/q+2;/p-1. The minimum Gasteiger partial charge on any atom is -1.00 e. The van der Waals surface area contributed by atoms with Crippen LogP contribution in [0.1, 0.15) is 18.0 Å². The van der Waals surface area contributed by atoms with E-state index in [-0.39, 0.29) is 23.0 Å². The number of hydrogen-bond donors (Lipinski definition) is 0. The Morgan fingerprint density at radius 1 is 0.423 bits per heavy atom. The van der Waals surface area contributed by atoms with Gasteiger partial charge in [-0.3, -0.25) is 5.01 Å². The molecule has 0 N–H and O–H groups in total. The van der Waals surface area contributed by atoms with E-state index < -0.39 is 14.5 Å².